The highest BCUT2D eigenvalue weighted by atomic mass is 35.5. The van der Waals surface area contributed by atoms with Crippen molar-refractivity contribution < 1.29 is 8.81 Å². The maximum Gasteiger partial charge on any atom is 0.336 e. The highest BCUT2D eigenvalue weighted by Gasteiger charge is 2.10. The molecule has 0 atom stereocenters. The normalized spacial score (nSPS) is 11.0. The molecule has 0 saturated carbocycles. The summed E-state index contributed by atoms with van der Waals surface area (Å²) in [4.78, 5) is 11.8. The number of aryl methyl sites for hydroxylation is 2. The second kappa shape index (κ2) is 6.05. The number of benzene rings is 2. The van der Waals surface area contributed by atoms with Crippen LogP contribution in [0.1, 0.15) is 16.7 Å². The minimum atomic E-state index is -0.434. The lowest BCUT2D eigenvalue weighted by molar-refractivity contribution is 0.556. The Morgan fingerprint density at radius 3 is 2.70 bits per heavy atom. The molecule has 23 heavy (non-hydrogen) atoms. The van der Waals surface area contributed by atoms with Gasteiger partial charge in [0.15, 0.2) is 0 Å². The third-order valence-electron chi connectivity index (χ3n) is 3.92. The average molecular weight is 332 g/mol. The molecular formula is C18H15ClFNO2. The molecule has 3 rings (SSSR count). The molecule has 5 heteroatoms. The molecule has 118 valence electrons. The van der Waals surface area contributed by atoms with Crippen molar-refractivity contribution in [3.8, 4) is 0 Å². The van der Waals surface area contributed by atoms with E-state index >= 15 is 0 Å². The minimum absolute atomic E-state index is 0.309. The first-order valence-corrected chi connectivity index (χ1v) is 7.55. The van der Waals surface area contributed by atoms with Crippen molar-refractivity contribution in [2.45, 2.75) is 20.4 Å². The molecule has 1 aromatic heterocycles. The maximum atomic E-state index is 13.8. The topological polar surface area (TPSA) is 42.2 Å². The summed E-state index contributed by atoms with van der Waals surface area (Å²) in [5.74, 6) is -0.434. The summed E-state index contributed by atoms with van der Waals surface area (Å²) in [5.41, 5.74) is 3.23. The van der Waals surface area contributed by atoms with Crippen molar-refractivity contribution in [1.29, 1.82) is 0 Å². The molecule has 3 aromatic rings. The van der Waals surface area contributed by atoms with E-state index in [-0.39, 0.29) is 0 Å². The van der Waals surface area contributed by atoms with E-state index in [1.54, 1.807) is 12.1 Å². The molecule has 0 unspecified atom stereocenters. The third-order valence-corrected chi connectivity index (χ3v) is 4.15. The van der Waals surface area contributed by atoms with E-state index in [0.29, 0.717) is 22.8 Å². The Bertz CT molecular complexity index is 950. The van der Waals surface area contributed by atoms with Gasteiger partial charge in [0.25, 0.3) is 0 Å². The molecule has 0 aliphatic carbocycles. The Morgan fingerprint density at radius 2 is 1.96 bits per heavy atom. The van der Waals surface area contributed by atoms with Crippen LogP contribution in [-0.4, -0.2) is 0 Å². The molecule has 3 nitrogen and oxygen atoms in total. The van der Waals surface area contributed by atoms with Crippen molar-refractivity contribution in [3.63, 3.8) is 0 Å². The van der Waals surface area contributed by atoms with Gasteiger partial charge in [-0.1, -0.05) is 23.7 Å². The van der Waals surface area contributed by atoms with E-state index in [9.17, 15) is 9.18 Å². The second-order valence-corrected chi connectivity index (χ2v) is 5.89. The SMILES string of the molecule is Cc1ccc2c(CNc3ccc(Cl)cc3F)cc(=O)oc2c1C. The fraction of sp³-hybridized carbons (Fsp3) is 0.167. The highest BCUT2D eigenvalue weighted by Crippen LogP contribution is 2.25. The molecule has 1 N–H and O–H groups in total. The molecule has 1 heterocycles. The maximum absolute atomic E-state index is 13.8. The predicted molar refractivity (Wildman–Crippen MR) is 90.7 cm³/mol. The monoisotopic (exact) mass is 331 g/mol. The van der Waals surface area contributed by atoms with Crippen LogP contribution in [0.2, 0.25) is 5.02 Å². The van der Waals surface area contributed by atoms with Gasteiger partial charge in [-0.05, 0) is 48.7 Å². The number of hydrogen-bond acceptors (Lipinski definition) is 3. The van der Waals surface area contributed by atoms with Gasteiger partial charge >= 0.3 is 5.63 Å². The van der Waals surface area contributed by atoms with Crippen LogP contribution in [0.25, 0.3) is 11.0 Å². The van der Waals surface area contributed by atoms with Gasteiger partial charge in [-0.15, -0.1) is 0 Å². The van der Waals surface area contributed by atoms with Gasteiger partial charge in [0.2, 0.25) is 0 Å². The highest BCUT2D eigenvalue weighted by molar-refractivity contribution is 6.30. The van der Waals surface area contributed by atoms with Crippen LogP contribution >= 0.6 is 11.6 Å². The Labute approximate surface area is 137 Å². The third kappa shape index (κ3) is 3.08. The van der Waals surface area contributed by atoms with Crippen molar-refractivity contribution in [2.24, 2.45) is 0 Å². The molecule has 0 radical (unpaired) electrons. The summed E-state index contributed by atoms with van der Waals surface area (Å²) in [7, 11) is 0. The summed E-state index contributed by atoms with van der Waals surface area (Å²) in [6, 6.07) is 9.74. The zero-order valence-corrected chi connectivity index (χ0v) is 13.5. The molecular weight excluding hydrogens is 317 g/mol. The summed E-state index contributed by atoms with van der Waals surface area (Å²) in [6.45, 7) is 4.18. The number of nitrogens with one attached hydrogen (secondary N) is 1. The van der Waals surface area contributed by atoms with Crippen molar-refractivity contribution in [1.82, 2.24) is 0 Å². The Balaban J connectivity index is 2.00. The molecule has 0 spiro atoms. The molecule has 0 aliphatic heterocycles. The summed E-state index contributed by atoms with van der Waals surface area (Å²) in [6.07, 6.45) is 0. The largest absolute Gasteiger partial charge is 0.422 e. The lowest BCUT2D eigenvalue weighted by atomic mass is 10.0. The fourth-order valence-corrected chi connectivity index (χ4v) is 2.65. The standard InChI is InChI=1S/C18H15ClFNO2/c1-10-3-5-14-12(7-17(22)23-18(14)11(10)2)9-21-16-6-4-13(19)8-15(16)20/h3-8,21H,9H2,1-2H3. The average Bonchev–Trinajstić information content (AvgIpc) is 2.50. The lowest BCUT2D eigenvalue weighted by Gasteiger charge is -2.11. The quantitative estimate of drug-likeness (QED) is 0.700. The van der Waals surface area contributed by atoms with Gasteiger partial charge in [-0.2, -0.15) is 0 Å². The van der Waals surface area contributed by atoms with Crippen LogP contribution in [0.3, 0.4) is 0 Å². The summed E-state index contributed by atoms with van der Waals surface area (Å²) >= 11 is 5.74. The first-order valence-electron chi connectivity index (χ1n) is 7.17. The van der Waals surface area contributed by atoms with Gasteiger partial charge in [0, 0.05) is 23.0 Å². The molecule has 0 bridgehead atoms. The molecule has 0 amide bonds. The van der Waals surface area contributed by atoms with E-state index in [2.05, 4.69) is 5.32 Å². The first-order chi connectivity index (χ1) is 11.0. The number of rotatable bonds is 3. The Kier molecular flexibility index (Phi) is 4.09. The zero-order chi connectivity index (χ0) is 16.6. The molecule has 0 saturated heterocycles. The van der Waals surface area contributed by atoms with Crippen molar-refractivity contribution >= 4 is 28.3 Å². The van der Waals surface area contributed by atoms with Crippen molar-refractivity contribution in [3.05, 3.63) is 74.3 Å². The van der Waals surface area contributed by atoms with Crippen molar-refractivity contribution in [2.75, 3.05) is 5.32 Å². The predicted octanol–water partition coefficient (Wildman–Crippen LogP) is 4.81. The van der Waals surface area contributed by atoms with Crippen LogP contribution in [0.15, 0.2) is 45.6 Å². The van der Waals surface area contributed by atoms with E-state index in [1.807, 2.05) is 26.0 Å². The van der Waals surface area contributed by atoms with Gasteiger partial charge in [0.05, 0.1) is 5.69 Å². The molecule has 2 aromatic carbocycles. The lowest BCUT2D eigenvalue weighted by Crippen LogP contribution is -2.07. The van der Waals surface area contributed by atoms with E-state index in [1.165, 1.54) is 12.1 Å². The number of halogens is 2. The van der Waals surface area contributed by atoms with Crippen LogP contribution in [0.5, 0.6) is 0 Å². The van der Waals surface area contributed by atoms with Gasteiger partial charge in [-0.25, -0.2) is 9.18 Å². The fourth-order valence-electron chi connectivity index (χ4n) is 2.49. The smallest absolute Gasteiger partial charge is 0.336 e. The molecule has 0 aliphatic rings. The number of anilines is 1. The Hall–Kier alpha value is -2.33. The van der Waals surface area contributed by atoms with E-state index in [4.69, 9.17) is 16.0 Å². The minimum Gasteiger partial charge on any atom is -0.422 e. The summed E-state index contributed by atoms with van der Waals surface area (Å²) in [5, 5.41) is 4.18. The van der Waals surface area contributed by atoms with Gasteiger partial charge in [-0.3, -0.25) is 0 Å². The second-order valence-electron chi connectivity index (χ2n) is 5.45. The van der Waals surface area contributed by atoms with Crippen LogP contribution in [-0.2, 0) is 6.54 Å². The number of fused-ring (bicyclic) bond motifs is 1. The molecule has 0 fully saturated rings. The Morgan fingerprint density at radius 1 is 1.17 bits per heavy atom. The first kappa shape index (κ1) is 15.6. The zero-order valence-electron chi connectivity index (χ0n) is 12.7. The van der Waals surface area contributed by atoms with Crippen LogP contribution < -0.4 is 10.9 Å². The van der Waals surface area contributed by atoms with Crippen LogP contribution in [0, 0.1) is 19.7 Å². The van der Waals surface area contributed by atoms with E-state index < -0.39 is 11.4 Å². The number of hydrogen-bond donors (Lipinski definition) is 1. The van der Waals surface area contributed by atoms with Gasteiger partial charge < -0.3 is 9.73 Å². The van der Waals surface area contributed by atoms with Gasteiger partial charge in [0.1, 0.15) is 11.4 Å². The van der Waals surface area contributed by atoms with Crippen LogP contribution in [0.4, 0.5) is 10.1 Å². The van der Waals surface area contributed by atoms with E-state index in [0.717, 1.165) is 22.1 Å². The summed E-state index contributed by atoms with van der Waals surface area (Å²) < 4.78 is 19.2.